The number of rotatable bonds is 8. The smallest absolute Gasteiger partial charge is 0.407 e. The van der Waals surface area contributed by atoms with Gasteiger partial charge in [0.2, 0.25) is 0 Å². The Balaban J connectivity index is 1.54. The second kappa shape index (κ2) is 12.4. The summed E-state index contributed by atoms with van der Waals surface area (Å²) < 4.78 is 2.03. The van der Waals surface area contributed by atoms with E-state index in [4.69, 9.17) is 4.98 Å². The van der Waals surface area contributed by atoms with Gasteiger partial charge in [-0.3, -0.25) is 4.79 Å². The predicted octanol–water partition coefficient (Wildman–Crippen LogP) is 4.40. The van der Waals surface area contributed by atoms with E-state index in [2.05, 4.69) is 11.8 Å². The Morgan fingerprint density at radius 1 is 1.05 bits per heavy atom. The third-order valence-electron chi connectivity index (χ3n) is 8.75. The Kier molecular flexibility index (Phi) is 8.75. The molecule has 0 bridgehead atoms. The number of imidazole rings is 1. The number of piperazine rings is 1. The van der Waals surface area contributed by atoms with Gasteiger partial charge in [-0.05, 0) is 38.4 Å². The lowest BCUT2D eigenvalue weighted by Crippen LogP contribution is -2.57. The predicted molar refractivity (Wildman–Crippen MR) is 158 cm³/mol. The highest BCUT2D eigenvalue weighted by Crippen LogP contribution is 2.41. The summed E-state index contributed by atoms with van der Waals surface area (Å²) in [6.45, 7) is 4.24. The normalized spacial score (nSPS) is 23.1. The van der Waals surface area contributed by atoms with Gasteiger partial charge in [0, 0.05) is 31.7 Å². The van der Waals surface area contributed by atoms with Crippen LogP contribution in [-0.2, 0) is 6.42 Å². The molecule has 2 aromatic carbocycles. The fraction of sp³-hybridized carbons (Fsp3) is 0.469. The van der Waals surface area contributed by atoms with Crippen LogP contribution in [0.25, 0.3) is 11.3 Å². The molecular weight excluding hydrogens is 518 g/mol. The largest absolute Gasteiger partial charge is 0.465 e. The first-order valence-corrected chi connectivity index (χ1v) is 14.7. The molecule has 0 spiro atoms. The first kappa shape index (κ1) is 28.8. The van der Waals surface area contributed by atoms with Gasteiger partial charge in [-0.15, -0.1) is 0 Å². The van der Waals surface area contributed by atoms with Crippen molar-refractivity contribution in [2.75, 3.05) is 39.8 Å². The van der Waals surface area contributed by atoms with E-state index < -0.39 is 11.7 Å². The molecule has 1 aliphatic carbocycles. The lowest BCUT2D eigenvalue weighted by molar-refractivity contribution is -0.0598. The van der Waals surface area contributed by atoms with Crippen molar-refractivity contribution in [1.82, 2.24) is 24.3 Å². The second-order valence-electron chi connectivity index (χ2n) is 11.5. The van der Waals surface area contributed by atoms with Crippen LogP contribution in [-0.4, -0.2) is 97.9 Å². The van der Waals surface area contributed by atoms with Gasteiger partial charge in [-0.1, -0.05) is 80.4 Å². The Hall–Kier alpha value is -3.69. The summed E-state index contributed by atoms with van der Waals surface area (Å²) in [6, 6.07) is 19.1. The minimum absolute atomic E-state index is 0.210. The average Bonchev–Trinajstić information content (AvgIpc) is 3.42. The van der Waals surface area contributed by atoms with Crippen LogP contribution in [0.4, 0.5) is 4.79 Å². The number of likely N-dealkylation sites (N-methyl/N-ethyl adjacent to an activating group) is 1. The van der Waals surface area contributed by atoms with Gasteiger partial charge in [0.05, 0.1) is 29.7 Å². The van der Waals surface area contributed by atoms with Gasteiger partial charge in [-0.2, -0.15) is 0 Å². The van der Waals surface area contributed by atoms with Crippen molar-refractivity contribution in [1.29, 1.82) is 0 Å². The van der Waals surface area contributed by atoms with Crippen LogP contribution in [0.5, 0.6) is 0 Å². The van der Waals surface area contributed by atoms with Crippen molar-refractivity contribution in [3.8, 4) is 11.3 Å². The molecule has 2 heterocycles. The van der Waals surface area contributed by atoms with Gasteiger partial charge in [0.1, 0.15) is 0 Å². The lowest BCUT2D eigenvalue weighted by Gasteiger charge is -2.43. The maximum atomic E-state index is 14.4. The molecule has 3 atom stereocenters. The van der Waals surface area contributed by atoms with E-state index in [0.717, 1.165) is 36.9 Å². The van der Waals surface area contributed by atoms with Crippen LogP contribution < -0.4 is 0 Å². The maximum Gasteiger partial charge on any atom is 0.407 e. The molecule has 1 aliphatic heterocycles. The molecule has 9 nitrogen and oxygen atoms in total. The third-order valence-corrected chi connectivity index (χ3v) is 8.75. The van der Waals surface area contributed by atoms with E-state index in [0.29, 0.717) is 37.3 Å². The highest BCUT2D eigenvalue weighted by molar-refractivity contribution is 5.98. The summed E-state index contributed by atoms with van der Waals surface area (Å²) in [5.74, 6) is -0.210. The van der Waals surface area contributed by atoms with E-state index >= 15 is 0 Å². The standard InChI is InChI=1S/C32H41N5O4/c1-3-34(2)22-32(41)17-11-10-16-27(32)37-23-33-28(29(37)25-14-8-5-9-15-25)30(38)36-19-18-35(31(39)40)21-26(36)20-24-12-6-4-7-13-24/h4-9,12-15,23,26-27,41H,3,10-11,16-22H2,1-2H3,(H,39,40)/t26-,27?,32?/m1/s1. The quantitative estimate of drug-likeness (QED) is 0.424. The number of hydrogen-bond donors (Lipinski definition) is 2. The summed E-state index contributed by atoms with van der Waals surface area (Å²) >= 11 is 0. The van der Waals surface area contributed by atoms with Gasteiger partial charge >= 0.3 is 6.09 Å². The van der Waals surface area contributed by atoms with Crippen LogP contribution in [0.1, 0.15) is 54.7 Å². The van der Waals surface area contributed by atoms with Crippen LogP contribution in [0, 0.1) is 0 Å². The molecule has 2 aliphatic rings. The van der Waals surface area contributed by atoms with E-state index in [-0.39, 0.29) is 31.1 Å². The molecule has 5 rings (SSSR count). The monoisotopic (exact) mass is 559 g/mol. The van der Waals surface area contributed by atoms with Crippen molar-refractivity contribution in [2.45, 2.75) is 56.7 Å². The van der Waals surface area contributed by atoms with E-state index in [1.54, 1.807) is 11.2 Å². The Labute approximate surface area is 242 Å². The first-order chi connectivity index (χ1) is 19.8. The molecule has 41 heavy (non-hydrogen) atoms. The number of carbonyl (C=O) groups excluding carboxylic acids is 1. The molecule has 1 saturated heterocycles. The highest BCUT2D eigenvalue weighted by atomic mass is 16.4. The number of carboxylic acid groups (broad SMARTS) is 1. The topological polar surface area (TPSA) is 102 Å². The molecule has 218 valence electrons. The average molecular weight is 560 g/mol. The molecule has 2 N–H and O–H groups in total. The van der Waals surface area contributed by atoms with Crippen molar-refractivity contribution in [2.24, 2.45) is 0 Å². The number of nitrogens with zero attached hydrogens (tertiary/aromatic N) is 5. The number of hydrogen-bond acceptors (Lipinski definition) is 5. The van der Waals surface area contributed by atoms with Crippen LogP contribution in [0.15, 0.2) is 67.0 Å². The minimum atomic E-state index is -0.974. The summed E-state index contributed by atoms with van der Waals surface area (Å²) in [5, 5.41) is 21.7. The Bertz CT molecular complexity index is 1330. The molecule has 0 radical (unpaired) electrons. The molecule has 2 fully saturated rings. The zero-order valence-electron chi connectivity index (χ0n) is 24.0. The van der Waals surface area contributed by atoms with Gasteiger partial charge < -0.3 is 29.5 Å². The Morgan fingerprint density at radius 2 is 1.76 bits per heavy atom. The van der Waals surface area contributed by atoms with Crippen molar-refractivity contribution in [3.05, 3.63) is 78.2 Å². The van der Waals surface area contributed by atoms with Crippen LogP contribution in [0.3, 0.4) is 0 Å². The maximum absolute atomic E-state index is 14.4. The van der Waals surface area contributed by atoms with Crippen molar-refractivity contribution in [3.63, 3.8) is 0 Å². The number of amides is 2. The minimum Gasteiger partial charge on any atom is -0.465 e. The fourth-order valence-electron chi connectivity index (χ4n) is 6.49. The molecule has 2 amide bonds. The summed E-state index contributed by atoms with van der Waals surface area (Å²) in [4.78, 5) is 36.3. The molecule has 9 heteroatoms. The van der Waals surface area contributed by atoms with Crippen molar-refractivity contribution >= 4 is 12.0 Å². The van der Waals surface area contributed by atoms with E-state index in [1.165, 1.54) is 4.90 Å². The first-order valence-electron chi connectivity index (χ1n) is 14.7. The SMILES string of the molecule is CCN(C)CC1(O)CCCCC1n1cnc(C(=O)N2CCN(C(=O)O)C[C@H]2Cc2ccccc2)c1-c1ccccc1. The van der Waals surface area contributed by atoms with Crippen LogP contribution >= 0.6 is 0 Å². The molecule has 1 aromatic heterocycles. The number of benzene rings is 2. The molecule has 3 aromatic rings. The summed E-state index contributed by atoms with van der Waals surface area (Å²) in [6.07, 6.45) is 4.74. The fourth-order valence-corrected chi connectivity index (χ4v) is 6.49. The zero-order chi connectivity index (χ0) is 29.0. The number of aromatic nitrogens is 2. The van der Waals surface area contributed by atoms with E-state index in [9.17, 15) is 19.8 Å². The summed E-state index contributed by atoms with van der Waals surface area (Å²) in [7, 11) is 2.02. The molecular formula is C32H41N5O4. The molecule has 1 saturated carbocycles. The number of carbonyl (C=O) groups is 2. The highest BCUT2D eigenvalue weighted by Gasteiger charge is 2.43. The Morgan fingerprint density at radius 3 is 2.44 bits per heavy atom. The molecule has 2 unspecified atom stereocenters. The van der Waals surface area contributed by atoms with Gasteiger partial charge in [-0.25, -0.2) is 9.78 Å². The zero-order valence-corrected chi connectivity index (χ0v) is 24.0. The van der Waals surface area contributed by atoms with Crippen LogP contribution in [0.2, 0.25) is 0 Å². The lowest BCUT2D eigenvalue weighted by atomic mass is 9.79. The van der Waals surface area contributed by atoms with E-state index in [1.807, 2.05) is 72.3 Å². The summed E-state index contributed by atoms with van der Waals surface area (Å²) in [5.41, 5.74) is 2.02. The van der Waals surface area contributed by atoms with Crippen molar-refractivity contribution < 1.29 is 19.8 Å². The second-order valence-corrected chi connectivity index (χ2v) is 11.5. The van der Waals surface area contributed by atoms with Gasteiger partial charge in [0.15, 0.2) is 5.69 Å². The van der Waals surface area contributed by atoms with Gasteiger partial charge in [0.25, 0.3) is 5.91 Å². The number of aliphatic hydroxyl groups is 1. The third kappa shape index (κ3) is 6.16.